The molecular weight excluding hydrogens is 275 g/mol. The van der Waals surface area contributed by atoms with Gasteiger partial charge in [0.15, 0.2) is 0 Å². The third-order valence-electron chi connectivity index (χ3n) is 3.48. The van der Waals surface area contributed by atoms with Crippen molar-refractivity contribution in [1.29, 1.82) is 0 Å². The van der Waals surface area contributed by atoms with Crippen molar-refractivity contribution in [3.05, 3.63) is 0 Å². The maximum Gasteiger partial charge on any atom is 0.0541 e. The van der Waals surface area contributed by atoms with Crippen LogP contribution in [0.3, 0.4) is 0 Å². The summed E-state index contributed by atoms with van der Waals surface area (Å²) in [6, 6.07) is 0.719. The van der Waals surface area contributed by atoms with Gasteiger partial charge in [-0.25, -0.2) is 0 Å². The summed E-state index contributed by atoms with van der Waals surface area (Å²) in [5.41, 5.74) is 11.2. The molecule has 0 aromatic heterocycles. The molecule has 0 atom stereocenters. The van der Waals surface area contributed by atoms with Crippen LogP contribution in [0.1, 0.15) is 51.4 Å². The Morgan fingerprint density at radius 1 is 0.556 bits per heavy atom. The molecule has 0 bridgehead atoms. The van der Waals surface area contributed by atoms with Crippen LogP contribution in [0.15, 0.2) is 0 Å². The number of halogens is 2. The zero-order chi connectivity index (χ0) is 12.0. The summed E-state index contributed by atoms with van der Waals surface area (Å²) < 4.78 is 0. The molecule has 0 aromatic carbocycles. The van der Waals surface area contributed by atoms with Crippen molar-refractivity contribution in [3.63, 3.8) is 0 Å². The number of nitrogens with two attached hydrogens (primary N) is 2. The van der Waals surface area contributed by atoms with Gasteiger partial charge in [0.05, 0.1) is 12.2 Å². The molecule has 0 unspecified atom stereocenters. The molecule has 2 fully saturated rings. The molecule has 0 aliphatic heterocycles. The molecule has 2 saturated carbocycles. The molecule has 0 heterocycles. The lowest BCUT2D eigenvalue weighted by Gasteiger charge is -2.21. The molecule has 0 radical (unpaired) electrons. The smallest absolute Gasteiger partial charge is 0.0541 e. The normalized spacial score (nSPS) is 35.3. The van der Waals surface area contributed by atoms with Gasteiger partial charge in [-0.05, 0) is 51.4 Å². The Balaban J connectivity index is 0. The third kappa shape index (κ3) is 9.36. The first-order valence-corrected chi connectivity index (χ1v) is 6.45. The van der Waals surface area contributed by atoms with E-state index >= 15 is 0 Å². The first-order valence-electron chi connectivity index (χ1n) is 6.45. The minimum atomic E-state index is -0.0604. The average Bonchev–Trinajstić information content (AvgIpc) is 2.28. The molecule has 18 heavy (non-hydrogen) atoms. The summed E-state index contributed by atoms with van der Waals surface area (Å²) in [4.78, 5) is 0. The molecule has 6 heteroatoms. The topological polar surface area (TPSA) is 92.5 Å². The standard InChI is InChI=1S/2C6H13NO.2ClH/c2*7-5-1-3-6(8)4-2-5;;/h2*5-6,8H,1-4,7H2;2*1H. The molecule has 0 amide bonds. The molecule has 2 aliphatic carbocycles. The van der Waals surface area contributed by atoms with Crippen LogP contribution in [0.2, 0.25) is 0 Å². The summed E-state index contributed by atoms with van der Waals surface area (Å²) in [6.45, 7) is 0. The summed E-state index contributed by atoms with van der Waals surface area (Å²) in [6.07, 6.45) is 7.50. The summed E-state index contributed by atoms with van der Waals surface area (Å²) in [5, 5.41) is 17.9. The second kappa shape index (κ2) is 11.3. The van der Waals surface area contributed by atoms with Gasteiger partial charge in [0.25, 0.3) is 0 Å². The number of hydrogen-bond acceptors (Lipinski definition) is 4. The molecule has 2 aliphatic rings. The maximum absolute atomic E-state index is 8.97. The fraction of sp³-hybridized carbons (Fsp3) is 1.00. The first kappa shape index (κ1) is 20.7. The Labute approximate surface area is 122 Å². The quantitative estimate of drug-likeness (QED) is 0.543. The van der Waals surface area contributed by atoms with Crippen molar-refractivity contribution in [3.8, 4) is 0 Å². The Morgan fingerprint density at radius 2 is 0.778 bits per heavy atom. The largest absolute Gasteiger partial charge is 0.393 e. The van der Waals surface area contributed by atoms with Crippen LogP contribution >= 0.6 is 24.8 Å². The van der Waals surface area contributed by atoms with E-state index in [2.05, 4.69) is 0 Å². The van der Waals surface area contributed by atoms with E-state index in [9.17, 15) is 0 Å². The number of hydrogen-bond donors (Lipinski definition) is 4. The van der Waals surface area contributed by atoms with E-state index in [-0.39, 0.29) is 37.0 Å². The first-order chi connectivity index (χ1) is 7.58. The van der Waals surface area contributed by atoms with E-state index in [1.54, 1.807) is 0 Å². The van der Waals surface area contributed by atoms with E-state index in [0.717, 1.165) is 51.4 Å². The van der Waals surface area contributed by atoms with Crippen molar-refractivity contribution in [1.82, 2.24) is 0 Å². The average molecular weight is 303 g/mol. The lowest BCUT2D eigenvalue weighted by atomic mass is 9.94. The minimum absolute atomic E-state index is 0. The van der Waals surface area contributed by atoms with E-state index in [1.165, 1.54) is 0 Å². The minimum Gasteiger partial charge on any atom is -0.393 e. The molecule has 0 spiro atoms. The van der Waals surface area contributed by atoms with Gasteiger partial charge in [0.1, 0.15) is 0 Å². The lowest BCUT2D eigenvalue weighted by Crippen LogP contribution is -2.28. The van der Waals surface area contributed by atoms with Crippen LogP contribution in [0, 0.1) is 0 Å². The zero-order valence-corrected chi connectivity index (χ0v) is 12.5. The Bertz CT molecular complexity index is 143. The highest BCUT2D eigenvalue weighted by Gasteiger charge is 2.15. The SMILES string of the molecule is Cl.Cl.NC1CCC(O)CC1.NC1CCC(O)CC1. The van der Waals surface area contributed by atoms with Crippen molar-refractivity contribution < 1.29 is 10.2 Å². The predicted molar refractivity (Wildman–Crippen MR) is 79.4 cm³/mol. The summed E-state index contributed by atoms with van der Waals surface area (Å²) in [5.74, 6) is 0. The van der Waals surface area contributed by atoms with Gasteiger partial charge in [-0.2, -0.15) is 0 Å². The Hall–Kier alpha value is 0.420. The fourth-order valence-electron chi connectivity index (χ4n) is 2.20. The van der Waals surface area contributed by atoms with Gasteiger partial charge in [0, 0.05) is 12.1 Å². The highest BCUT2D eigenvalue weighted by molar-refractivity contribution is 5.85. The highest BCUT2D eigenvalue weighted by atomic mass is 35.5. The second-order valence-electron chi connectivity index (χ2n) is 5.14. The monoisotopic (exact) mass is 302 g/mol. The van der Waals surface area contributed by atoms with Crippen LogP contribution in [0.4, 0.5) is 0 Å². The molecular formula is C12H28Cl2N2O2. The summed E-state index contributed by atoms with van der Waals surface area (Å²) >= 11 is 0. The van der Waals surface area contributed by atoms with Gasteiger partial charge in [0.2, 0.25) is 0 Å². The van der Waals surface area contributed by atoms with E-state index in [1.807, 2.05) is 0 Å². The van der Waals surface area contributed by atoms with Crippen molar-refractivity contribution in [2.45, 2.75) is 75.7 Å². The second-order valence-corrected chi connectivity index (χ2v) is 5.14. The Morgan fingerprint density at radius 3 is 0.944 bits per heavy atom. The summed E-state index contributed by atoms with van der Waals surface area (Å²) in [7, 11) is 0. The third-order valence-corrected chi connectivity index (χ3v) is 3.48. The van der Waals surface area contributed by atoms with Crippen LogP contribution < -0.4 is 11.5 Å². The van der Waals surface area contributed by atoms with Crippen molar-refractivity contribution in [2.75, 3.05) is 0 Å². The molecule has 0 saturated heterocycles. The van der Waals surface area contributed by atoms with Crippen LogP contribution in [0.25, 0.3) is 0 Å². The maximum atomic E-state index is 8.97. The number of aliphatic hydroxyl groups excluding tert-OH is 2. The van der Waals surface area contributed by atoms with Crippen LogP contribution in [-0.2, 0) is 0 Å². The van der Waals surface area contributed by atoms with Gasteiger partial charge < -0.3 is 21.7 Å². The number of rotatable bonds is 0. The molecule has 4 nitrogen and oxygen atoms in total. The highest BCUT2D eigenvalue weighted by Crippen LogP contribution is 2.16. The fourth-order valence-corrected chi connectivity index (χ4v) is 2.20. The van der Waals surface area contributed by atoms with E-state index < -0.39 is 0 Å². The van der Waals surface area contributed by atoms with E-state index in [4.69, 9.17) is 21.7 Å². The molecule has 2 rings (SSSR count). The predicted octanol–water partition coefficient (Wildman–Crippen LogP) is 1.34. The van der Waals surface area contributed by atoms with Crippen molar-refractivity contribution in [2.24, 2.45) is 11.5 Å². The van der Waals surface area contributed by atoms with Crippen LogP contribution in [0.5, 0.6) is 0 Å². The zero-order valence-electron chi connectivity index (χ0n) is 10.8. The Kier molecular flexibility index (Phi) is 13.0. The van der Waals surface area contributed by atoms with Gasteiger partial charge >= 0.3 is 0 Å². The molecule has 0 aromatic rings. The van der Waals surface area contributed by atoms with Gasteiger partial charge in [-0.15, -0.1) is 24.8 Å². The number of aliphatic hydroxyl groups is 2. The van der Waals surface area contributed by atoms with Gasteiger partial charge in [-0.1, -0.05) is 0 Å². The van der Waals surface area contributed by atoms with Crippen molar-refractivity contribution >= 4 is 24.8 Å². The molecule has 6 N–H and O–H groups in total. The molecule has 112 valence electrons. The van der Waals surface area contributed by atoms with E-state index in [0.29, 0.717) is 12.1 Å². The van der Waals surface area contributed by atoms with Gasteiger partial charge in [-0.3, -0.25) is 0 Å². The van der Waals surface area contributed by atoms with Crippen LogP contribution in [-0.4, -0.2) is 34.5 Å². The lowest BCUT2D eigenvalue weighted by molar-refractivity contribution is 0.123.